The largest absolute Gasteiger partial charge is 0.330 e. The van der Waals surface area contributed by atoms with Crippen molar-refractivity contribution in [3.8, 4) is 0 Å². The van der Waals surface area contributed by atoms with Crippen molar-refractivity contribution < 1.29 is 4.21 Å². The molecule has 0 amide bonds. The van der Waals surface area contributed by atoms with Gasteiger partial charge in [0.15, 0.2) is 0 Å². The van der Waals surface area contributed by atoms with Gasteiger partial charge in [-0.1, -0.05) is 43.7 Å². The number of benzene rings is 1. The van der Waals surface area contributed by atoms with E-state index in [0.29, 0.717) is 12.3 Å². The Hall–Kier alpha value is -0.670. The molecule has 0 heterocycles. The molecule has 3 heteroatoms. The molecule has 102 valence electrons. The second kappa shape index (κ2) is 7.05. The maximum absolute atomic E-state index is 12.0. The summed E-state index contributed by atoms with van der Waals surface area (Å²) in [5, 5.41) is 0. The first-order valence-electron chi connectivity index (χ1n) is 6.53. The van der Waals surface area contributed by atoms with E-state index in [1.807, 2.05) is 6.07 Å². The van der Waals surface area contributed by atoms with Gasteiger partial charge in [0.25, 0.3) is 0 Å². The Balaban J connectivity index is 2.34. The fraction of sp³-hybridized carbons (Fsp3) is 0.600. The maximum Gasteiger partial charge on any atom is 0.0485 e. The maximum atomic E-state index is 12.0. The normalized spacial score (nSPS) is 13.6. The lowest BCUT2D eigenvalue weighted by Crippen LogP contribution is -2.23. The van der Waals surface area contributed by atoms with Crippen LogP contribution < -0.4 is 5.73 Å². The average Bonchev–Trinajstić information content (AvgIpc) is 2.28. The van der Waals surface area contributed by atoms with Crippen molar-refractivity contribution in [3.05, 3.63) is 35.4 Å². The minimum absolute atomic E-state index is 0.174. The Morgan fingerprint density at radius 3 is 2.67 bits per heavy atom. The van der Waals surface area contributed by atoms with E-state index in [4.69, 9.17) is 5.73 Å². The number of aryl methyl sites for hydroxylation is 1. The summed E-state index contributed by atoms with van der Waals surface area (Å²) in [6.07, 6.45) is 2.03. The van der Waals surface area contributed by atoms with Crippen LogP contribution in [-0.2, 0) is 16.6 Å². The molecule has 18 heavy (non-hydrogen) atoms. The van der Waals surface area contributed by atoms with Crippen LogP contribution in [0, 0.1) is 12.3 Å². The molecule has 0 saturated heterocycles. The summed E-state index contributed by atoms with van der Waals surface area (Å²) < 4.78 is 12.0. The van der Waals surface area contributed by atoms with Crippen molar-refractivity contribution in [2.75, 3.05) is 12.3 Å². The van der Waals surface area contributed by atoms with E-state index >= 15 is 0 Å². The summed E-state index contributed by atoms with van der Waals surface area (Å²) in [5.41, 5.74) is 8.26. The first kappa shape index (κ1) is 15.4. The number of nitrogens with two attached hydrogens (primary N) is 1. The fourth-order valence-electron chi connectivity index (χ4n) is 1.87. The highest BCUT2D eigenvalue weighted by molar-refractivity contribution is 7.84. The first-order chi connectivity index (χ1) is 8.43. The third-order valence-electron chi connectivity index (χ3n) is 3.19. The van der Waals surface area contributed by atoms with Gasteiger partial charge in [0, 0.05) is 22.3 Å². The zero-order chi connectivity index (χ0) is 13.6. The molecule has 0 spiro atoms. The van der Waals surface area contributed by atoms with Gasteiger partial charge >= 0.3 is 0 Å². The van der Waals surface area contributed by atoms with Crippen molar-refractivity contribution in [2.45, 2.75) is 39.4 Å². The molecule has 0 fully saturated rings. The van der Waals surface area contributed by atoms with E-state index in [0.717, 1.165) is 18.6 Å². The van der Waals surface area contributed by atoms with Crippen LogP contribution in [-0.4, -0.2) is 16.5 Å². The van der Waals surface area contributed by atoms with Gasteiger partial charge in [-0.05, 0) is 37.3 Å². The van der Waals surface area contributed by atoms with Gasteiger partial charge in [-0.2, -0.15) is 0 Å². The quantitative estimate of drug-likeness (QED) is 0.825. The van der Waals surface area contributed by atoms with Crippen LogP contribution in [0.3, 0.4) is 0 Å². The molecule has 2 N–H and O–H groups in total. The highest BCUT2D eigenvalue weighted by Gasteiger charge is 2.15. The molecular weight excluding hydrogens is 242 g/mol. The van der Waals surface area contributed by atoms with Gasteiger partial charge in [0.2, 0.25) is 0 Å². The Morgan fingerprint density at radius 1 is 1.33 bits per heavy atom. The number of rotatable bonds is 7. The molecule has 0 bridgehead atoms. The summed E-state index contributed by atoms with van der Waals surface area (Å²) >= 11 is 0. The second-order valence-electron chi connectivity index (χ2n) is 5.75. The van der Waals surface area contributed by atoms with Crippen LogP contribution in [0.2, 0.25) is 0 Å². The molecule has 0 aromatic heterocycles. The number of hydrogen-bond donors (Lipinski definition) is 1. The molecule has 1 aromatic carbocycles. The van der Waals surface area contributed by atoms with Gasteiger partial charge in [0.1, 0.15) is 0 Å². The molecule has 1 unspecified atom stereocenters. The SMILES string of the molecule is Cc1cccc(CS(=O)CCCC(C)(C)CN)c1. The van der Waals surface area contributed by atoms with E-state index < -0.39 is 10.8 Å². The third kappa shape index (κ3) is 5.78. The predicted molar refractivity (Wildman–Crippen MR) is 80.0 cm³/mol. The van der Waals surface area contributed by atoms with Gasteiger partial charge < -0.3 is 5.73 Å². The monoisotopic (exact) mass is 267 g/mol. The van der Waals surface area contributed by atoms with E-state index in [1.54, 1.807) is 0 Å². The lowest BCUT2D eigenvalue weighted by atomic mass is 9.88. The minimum Gasteiger partial charge on any atom is -0.330 e. The van der Waals surface area contributed by atoms with E-state index in [2.05, 4.69) is 39.0 Å². The van der Waals surface area contributed by atoms with Crippen molar-refractivity contribution in [1.29, 1.82) is 0 Å². The Morgan fingerprint density at radius 2 is 2.06 bits per heavy atom. The highest BCUT2D eigenvalue weighted by atomic mass is 32.2. The van der Waals surface area contributed by atoms with Crippen LogP contribution in [0.4, 0.5) is 0 Å². The van der Waals surface area contributed by atoms with Gasteiger partial charge in [-0.3, -0.25) is 4.21 Å². The van der Waals surface area contributed by atoms with E-state index in [-0.39, 0.29) is 5.41 Å². The summed E-state index contributed by atoms with van der Waals surface area (Å²) in [6.45, 7) is 7.08. The minimum atomic E-state index is -0.757. The lowest BCUT2D eigenvalue weighted by molar-refractivity contribution is 0.344. The van der Waals surface area contributed by atoms with Gasteiger partial charge in [-0.15, -0.1) is 0 Å². The van der Waals surface area contributed by atoms with Crippen molar-refractivity contribution >= 4 is 10.8 Å². The van der Waals surface area contributed by atoms with Crippen molar-refractivity contribution in [1.82, 2.24) is 0 Å². The third-order valence-corrected chi connectivity index (χ3v) is 4.59. The summed E-state index contributed by atoms with van der Waals surface area (Å²) in [5.74, 6) is 1.45. The molecule has 0 aliphatic carbocycles. The molecule has 0 radical (unpaired) electrons. The molecule has 1 aromatic rings. The van der Waals surface area contributed by atoms with Gasteiger partial charge in [0.05, 0.1) is 0 Å². The van der Waals surface area contributed by atoms with Crippen LogP contribution in [0.5, 0.6) is 0 Å². The van der Waals surface area contributed by atoms with Crippen LogP contribution in [0.15, 0.2) is 24.3 Å². The van der Waals surface area contributed by atoms with E-state index in [9.17, 15) is 4.21 Å². The molecule has 0 saturated carbocycles. The van der Waals surface area contributed by atoms with Crippen molar-refractivity contribution in [2.24, 2.45) is 11.1 Å². The average molecular weight is 267 g/mol. The summed E-state index contributed by atoms with van der Waals surface area (Å²) in [4.78, 5) is 0. The Kier molecular flexibility index (Phi) is 6.03. The number of hydrogen-bond acceptors (Lipinski definition) is 2. The van der Waals surface area contributed by atoms with Crippen molar-refractivity contribution in [3.63, 3.8) is 0 Å². The smallest absolute Gasteiger partial charge is 0.0485 e. The van der Waals surface area contributed by atoms with Crippen LogP contribution in [0.25, 0.3) is 0 Å². The standard InChI is InChI=1S/C15H25NOS/c1-13-6-4-7-14(10-13)11-18(17)9-5-8-15(2,3)12-16/h4,6-7,10H,5,8-9,11-12,16H2,1-3H3. The van der Waals surface area contributed by atoms with Crippen LogP contribution in [0.1, 0.15) is 37.8 Å². The first-order valence-corrected chi connectivity index (χ1v) is 8.02. The Bertz CT molecular complexity index is 401. The second-order valence-corrected chi connectivity index (χ2v) is 7.33. The molecule has 2 nitrogen and oxygen atoms in total. The topological polar surface area (TPSA) is 43.1 Å². The summed E-state index contributed by atoms with van der Waals surface area (Å²) in [7, 11) is -0.757. The lowest BCUT2D eigenvalue weighted by Gasteiger charge is -2.21. The molecule has 1 rings (SSSR count). The van der Waals surface area contributed by atoms with Gasteiger partial charge in [-0.25, -0.2) is 0 Å². The highest BCUT2D eigenvalue weighted by Crippen LogP contribution is 2.20. The Labute approximate surface area is 113 Å². The fourth-order valence-corrected chi connectivity index (χ4v) is 3.04. The summed E-state index contributed by atoms with van der Waals surface area (Å²) in [6, 6.07) is 8.26. The molecule has 1 atom stereocenters. The van der Waals surface area contributed by atoms with E-state index in [1.165, 1.54) is 11.1 Å². The molecule has 0 aliphatic heterocycles. The molecular formula is C15H25NOS. The zero-order valence-corrected chi connectivity index (χ0v) is 12.6. The zero-order valence-electron chi connectivity index (χ0n) is 11.7. The predicted octanol–water partition coefficient (Wildman–Crippen LogP) is 3.01. The van der Waals surface area contributed by atoms with Crippen LogP contribution >= 0.6 is 0 Å². The molecule has 0 aliphatic rings.